The van der Waals surface area contributed by atoms with Crippen LogP contribution in [-0.2, 0) is 9.53 Å². The smallest absolute Gasteiger partial charge is 0.338 e. The molecule has 0 saturated carbocycles. The Balaban J connectivity index is 1.60. The zero-order valence-corrected chi connectivity index (χ0v) is 15.2. The summed E-state index contributed by atoms with van der Waals surface area (Å²) >= 11 is 1.25. The number of carbonyl (C=O) groups is 2. The van der Waals surface area contributed by atoms with Crippen molar-refractivity contribution in [3.05, 3.63) is 54.1 Å². The van der Waals surface area contributed by atoms with E-state index >= 15 is 0 Å². The number of hydrogen-bond acceptors (Lipinski definition) is 6. The van der Waals surface area contributed by atoms with Gasteiger partial charge >= 0.3 is 5.97 Å². The fraction of sp³-hybridized carbons (Fsp3) is 0.211. The molecule has 3 aromatic rings. The highest BCUT2D eigenvalue weighted by molar-refractivity contribution is 8.00. The summed E-state index contributed by atoms with van der Waals surface area (Å²) in [5, 5.41) is 2.87. The Labute approximate surface area is 154 Å². The van der Waals surface area contributed by atoms with Crippen LogP contribution >= 0.6 is 11.8 Å². The van der Waals surface area contributed by atoms with Crippen molar-refractivity contribution in [2.45, 2.75) is 24.3 Å². The van der Waals surface area contributed by atoms with E-state index in [2.05, 4.69) is 10.3 Å². The van der Waals surface area contributed by atoms with Gasteiger partial charge in [0.2, 0.25) is 5.91 Å². The minimum Gasteiger partial charge on any atom is -0.462 e. The van der Waals surface area contributed by atoms with Crippen LogP contribution in [0.25, 0.3) is 11.1 Å². The summed E-state index contributed by atoms with van der Waals surface area (Å²) in [7, 11) is 0. The number of oxazole rings is 1. The topological polar surface area (TPSA) is 81.4 Å². The zero-order chi connectivity index (χ0) is 18.5. The van der Waals surface area contributed by atoms with E-state index in [1.54, 1.807) is 38.1 Å². The predicted octanol–water partition coefficient (Wildman–Crippen LogP) is 4.12. The molecule has 0 radical (unpaired) electrons. The molecule has 1 N–H and O–H groups in total. The van der Waals surface area contributed by atoms with Crippen molar-refractivity contribution < 1.29 is 18.7 Å². The van der Waals surface area contributed by atoms with Gasteiger partial charge in [0.1, 0.15) is 5.52 Å². The van der Waals surface area contributed by atoms with Crippen LogP contribution in [0.1, 0.15) is 24.2 Å². The summed E-state index contributed by atoms with van der Waals surface area (Å²) < 4.78 is 10.6. The third kappa shape index (κ3) is 4.23. The minimum atomic E-state index is -0.396. The average molecular weight is 370 g/mol. The fourth-order valence-corrected chi connectivity index (χ4v) is 3.01. The van der Waals surface area contributed by atoms with Crippen molar-refractivity contribution in [2.24, 2.45) is 0 Å². The number of ether oxygens (including phenoxy) is 1. The maximum absolute atomic E-state index is 12.4. The van der Waals surface area contributed by atoms with Crippen molar-refractivity contribution in [3.8, 4) is 0 Å². The van der Waals surface area contributed by atoms with Gasteiger partial charge in [-0.25, -0.2) is 9.78 Å². The summed E-state index contributed by atoms with van der Waals surface area (Å²) in [4.78, 5) is 28.3. The van der Waals surface area contributed by atoms with E-state index < -0.39 is 5.25 Å². The lowest BCUT2D eigenvalue weighted by atomic mass is 10.2. The number of benzene rings is 2. The lowest BCUT2D eigenvalue weighted by Crippen LogP contribution is -2.22. The molecule has 0 fully saturated rings. The summed E-state index contributed by atoms with van der Waals surface area (Å²) in [6.07, 6.45) is 0. The van der Waals surface area contributed by atoms with Gasteiger partial charge in [0.25, 0.3) is 5.22 Å². The molecular weight excluding hydrogens is 352 g/mol. The van der Waals surface area contributed by atoms with Crippen LogP contribution < -0.4 is 5.32 Å². The van der Waals surface area contributed by atoms with Gasteiger partial charge in [0, 0.05) is 5.69 Å². The first-order chi connectivity index (χ1) is 12.6. The summed E-state index contributed by atoms with van der Waals surface area (Å²) in [5.41, 5.74) is 2.50. The second-order valence-electron chi connectivity index (χ2n) is 5.49. The first-order valence-electron chi connectivity index (χ1n) is 8.17. The molecule has 0 aliphatic carbocycles. The highest BCUT2D eigenvalue weighted by Crippen LogP contribution is 2.27. The van der Waals surface area contributed by atoms with E-state index in [0.717, 1.165) is 5.52 Å². The lowest BCUT2D eigenvalue weighted by molar-refractivity contribution is -0.115. The molecular formula is C19H18N2O4S. The Morgan fingerprint density at radius 2 is 1.92 bits per heavy atom. The Bertz CT molecular complexity index is 888. The van der Waals surface area contributed by atoms with E-state index in [9.17, 15) is 9.59 Å². The van der Waals surface area contributed by atoms with Crippen molar-refractivity contribution in [1.29, 1.82) is 0 Å². The molecule has 0 saturated heterocycles. The SMILES string of the molecule is CCOC(=O)c1ccc(NC(=O)C(C)Sc2nc3ccccc3o2)cc1. The lowest BCUT2D eigenvalue weighted by Gasteiger charge is -2.10. The van der Waals surface area contributed by atoms with Gasteiger partial charge in [-0.3, -0.25) is 4.79 Å². The summed E-state index contributed by atoms with van der Waals surface area (Å²) in [6, 6.07) is 14.0. The Morgan fingerprint density at radius 3 is 2.62 bits per heavy atom. The maximum atomic E-state index is 12.4. The quantitative estimate of drug-likeness (QED) is 0.519. The Kier molecular flexibility index (Phi) is 5.58. The normalized spacial score (nSPS) is 11.9. The second-order valence-corrected chi connectivity index (χ2v) is 6.79. The third-order valence-electron chi connectivity index (χ3n) is 3.58. The van der Waals surface area contributed by atoms with Gasteiger partial charge in [-0.2, -0.15) is 0 Å². The van der Waals surface area contributed by atoms with Crippen LogP contribution in [0.3, 0.4) is 0 Å². The minimum absolute atomic E-state index is 0.179. The van der Waals surface area contributed by atoms with Gasteiger partial charge in [0.05, 0.1) is 17.4 Å². The highest BCUT2D eigenvalue weighted by atomic mass is 32.2. The van der Waals surface area contributed by atoms with Crippen LogP contribution in [0.4, 0.5) is 5.69 Å². The molecule has 1 unspecified atom stereocenters. The first-order valence-corrected chi connectivity index (χ1v) is 9.05. The van der Waals surface area contributed by atoms with Crippen LogP contribution in [0.5, 0.6) is 0 Å². The molecule has 2 aromatic carbocycles. The number of amides is 1. The van der Waals surface area contributed by atoms with Crippen LogP contribution in [0.15, 0.2) is 58.2 Å². The molecule has 1 amide bonds. The van der Waals surface area contributed by atoms with Crippen LogP contribution in [-0.4, -0.2) is 28.7 Å². The number of rotatable bonds is 6. The molecule has 1 heterocycles. The zero-order valence-electron chi connectivity index (χ0n) is 14.4. The van der Waals surface area contributed by atoms with E-state index in [0.29, 0.717) is 28.7 Å². The number of hydrogen-bond donors (Lipinski definition) is 1. The first kappa shape index (κ1) is 18.0. The Morgan fingerprint density at radius 1 is 1.19 bits per heavy atom. The standard InChI is InChI=1S/C19H18N2O4S/c1-3-24-18(23)13-8-10-14(11-9-13)20-17(22)12(2)26-19-21-15-6-4-5-7-16(15)25-19/h4-12H,3H2,1-2H3,(H,20,22). The average Bonchev–Trinajstić information content (AvgIpc) is 3.04. The van der Waals surface area contributed by atoms with Gasteiger partial charge in [0.15, 0.2) is 5.58 Å². The van der Waals surface area contributed by atoms with E-state index in [1.807, 2.05) is 24.3 Å². The predicted molar refractivity (Wildman–Crippen MR) is 100 cm³/mol. The van der Waals surface area contributed by atoms with Gasteiger partial charge < -0.3 is 14.5 Å². The van der Waals surface area contributed by atoms with Crippen molar-refractivity contribution >= 4 is 40.4 Å². The molecule has 0 aliphatic rings. The monoisotopic (exact) mass is 370 g/mol. The van der Waals surface area contributed by atoms with Crippen molar-refractivity contribution in [3.63, 3.8) is 0 Å². The molecule has 0 bridgehead atoms. The molecule has 1 aromatic heterocycles. The van der Waals surface area contributed by atoms with Gasteiger partial charge in [-0.15, -0.1) is 0 Å². The number of thioether (sulfide) groups is 1. The molecule has 6 nitrogen and oxygen atoms in total. The number of para-hydroxylation sites is 2. The molecule has 134 valence electrons. The summed E-state index contributed by atoms with van der Waals surface area (Å²) in [6.45, 7) is 3.85. The second kappa shape index (κ2) is 8.05. The van der Waals surface area contributed by atoms with Crippen LogP contribution in [0.2, 0.25) is 0 Å². The van der Waals surface area contributed by atoms with E-state index in [-0.39, 0.29) is 11.9 Å². The fourth-order valence-electron chi connectivity index (χ4n) is 2.25. The van der Waals surface area contributed by atoms with Crippen molar-refractivity contribution in [1.82, 2.24) is 4.98 Å². The summed E-state index contributed by atoms with van der Waals surface area (Å²) in [5.74, 6) is -0.564. The number of nitrogens with zero attached hydrogens (tertiary/aromatic N) is 1. The molecule has 1 atom stereocenters. The Hall–Kier alpha value is -2.80. The number of aromatic nitrogens is 1. The van der Waals surface area contributed by atoms with Crippen molar-refractivity contribution in [2.75, 3.05) is 11.9 Å². The number of fused-ring (bicyclic) bond motifs is 1. The molecule has 7 heteroatoms. The number of nitrogens with one attached hydrogen (secondary N) is 1. The largest absolute Gasteiger partial charge is 0.462 e. The highest BCUT2D eigenvalue weighted by Gasteiger charge is 2.18. The number of esters is 1. The van der Waals surface area contributed by atoms with Crippen LogP contribution in [0, 0.1) is 0 Å². The van der Waals surface area contributed by atoms with E-state index in [1.165, 1.54) is 11.8 Å². The van der Waals surface area contributed by atoms with Gasteiger partial charge in [-0.05, 0) is 50.2 Å². The molecule has 0 aliphatic heterocycles. The van der Waals surface area contributed by atoms with Gasteiger partial charge in [-0.1, -0.05) is 23.9 Å². The van der Waals surface area contributed by atoms with E-state index in [4.69, 9.17) is 9.15 Å². The molecule has 0 spiro atoms. The maximum Gasteiger partial charge on any atom is 0.338 e. The molecule has 3 rings (SSSR count). The molecule has 26 heavy (non-hydrogen) atoms. The number of anilines is 1. The third-order valence-corrected chi connectivity index (χ3v) is 4.53. The number of carbonyl (C=O) groups excluding carboxylic acids is 2.